The predicted molar refractivity (Wildman–Crippen MR) is 94.3 cm³/mol. The second-order valence-corrected chi connectivity index (χ2v) is 6.14. The normalized spacial score (nSPS) is 15.0. The lowest BCUT2D eigenvalue weighted by Crippen LogP contribution is -2.42. The van der Waals surface area contributed by atoms with E-state index >= 15 is 0 Å². The summed E-state index contributed by atoms with van der Waals surface area (Å²) in [6, 6.07) is 17.5. The molecule has 1 aliphatic heterocycles. The SMILES string of the molecule is O=C(O)C1CCN(C(=O)COc2ccccc2-c2ccccc2)CC1. The van der Waals surface area contributed by atoms with Crippen LogP contribution < -0.4 is 4.74 Å². The molecule has 0 unspecified atom stereocenters. The van der Waals surface area contributed by atoms with Gasteiger partial charge in [0.1, 0.15) is 5.75 Å². The molecule has 5 nitrogen and oxygen atoms in total. The van der Waals surface area contributed by atoms with Crippen LogP contribution in [0.1, 0.15) is 12.8 Å². The molecule has 0 aromatic heterocycles. The maximum Gasteiger partial charge on any atom is 0.306 e. The smallest absolute Gasteiger partial charge is 0.306 e. The highest BCUT2D eigenvalue weighted by Gasteiger charge is 2.27. The lowest BCUT2D eigenvalue weighted by molar-refractivity contribution is -0.146. The van der Waals surface area contributed by atoms with Crippen molar-refractivity contribution in [3.63, 3.8) is 0 Å². The molecular formula is C20H21NO4. The van der Waals surface area contributed by atoms with Crippen molar-refractivity contribution in [3.05, 3.63) is 54.6 Å². The van der Waals surface area contributed by atoms with E-state index in [1.807, 2.05) is 54.6 Å². The first-order chi connectivity index (χ1) is 12.1. The average Bonchev–Trinajstić information content (AvgIpc) is 2.67. The van der Waals surface area contributed by atoms with E-state index in [4.69, 9.17) is 9.84 Å². The van der Waals surface area contributed by atoms with Gasteiger partial charge in [0.05, 0.1) is 5.92 Å². The van der Waals surface area contributed by atoms with Gasteiger partial charge in [0.15, 0.2) is 6.61 Å². The number of piperidine rings is 1. The standard InChI is InChI=1S/C20H21NO4/c22-19(21-12-10-16(11-13-21)20(23)24)14-25-18-9-5-4-8-17(18)15-6-2-1-3-7-15/h1-9,16H,10-14H2,(H,23,24). The fourth-order valence-electron chi connectivity index (χ4n) is 3.06. The van der Waals surface area contributed by atoms with E-state index in [1.54, 1.807) is 4.90 Å². The number of carboxylic acid groups (broad SMARTS) is 1. The van der Waals surface area contributed by atoms with Gasteiger partial charge in [0.2, 0.25) is 0 Å². The maximum atomic E-state index is 12.3. The molecule has 1 N–H and O–H groups in total. The van der Waals surface area contributed by atoms with Gasteiger partial charge in [-0.3, -0.25) is 9.59 Å². The molecule has 1 aliphatic rings. The lowest BCUT2D eigenvalue weighted by Gasteiger charge is -2.30. The van der Waals surface area contributed by atoms with Crippen LogP contribution in [0.15, 0.2) is 54.6 Å². The van der Waals surface area contributed by atoms with Crippen molar-refractivity contribution in [2.24, 2.45) is 5.92 Å². The second-order valence-electron chi connectivity index (χ2n) is 6.14. The number of carboxylic acids is 1. The summed E-state index contributed by atoms with van der Waals surface area (Å²) in [5, 5.41) is 9.03. The number of hydrogen-bond donors (Lipinski definition) is 1. The zero-order valence-corrected chi connectivity index (χ0v) is 13.9. The first kappa shape index (κ1) is 17.0. The summed E-state index contributed by atoms with van der Waals surface area (Å²) in [5.74, 6) is -0.557. The summed E-state index contributed by atoms with van der Waals surface area (Å²) in [6.45, 7) is 0.903. The average molecular weight is 339 g/mol. The van der Waals surface area contributed by atoms with Gasteiger partial charge in [0.25, 0.3) is 5.91 Å². The number of para-hydroxylation sites is 1. The summed E-state index contributed by atoms with van der Waals surface area (Å²) < 4.78 is 5.77. The zero-order valence-electron chi connectivity index (χ0n) is 13.9. The number of hydrogen-bond acceptors (Lipinski definition) is 3. The van der Waals surface area contributed by atoms with Crippen LogP contribution in [-0.2, 0) is 9.59 Å². The Hall–Kier alpha value is -2.82. The summed E-state index contributed by atoms with van der Waals surface area (Å²) in [7, 11) is 0. The predicted octanol–water partition coefficient (Wildman–Crippen LogP) is 3.06. The number of amides is 1. The molecule has 0 atom stereocenters. The fourth-order valence-corrected chi connectivity index (χ4v) is 3.06. The molecule has 1 heterocycles. The van der Waals surface area contributed by atoms with E-state index in [1.165, 1.54) is 0 Å². The van der Waals surface area contributed by atoms with Gasteiger partial charge in [0, 0.05) is 18.7 Å². The van der Waals surface area contributed by atoms with Crippen molar-refractivity contribution in [2.45, 2.75) is 12.8 Å². The van der Waals surface area contributed by atoms with Crippen molar-refractivity contribution >= 4 is 11.9 Å². The topological polar surface area (TPSA) is 66.8 Å². The van der Waals surface area contributed by atoms with Crippen molar-refractivity contribution in [1.82, 2.24) is 4.90 Å². The van der Waals surface area contributed by atoms with Crippen LogP contribution >= 0.6 is 0 Å². The quantitative estimate of drug-likeness (QED) is 0.909. The lowest BCUT2D eigenvalue weighted by atomic mass is 9.97. The molecule has 0 spiro atoms. The van der Waals surface area contributed by atoms with Gasteiger partial charge in [-0.1, -0.05) is 48.5 Å². The van der Waals surface area contributed by atoms with E-state index in [0.717, 1.165) is 11.1 Å². The Labute approximate surface area is 146 Å². The van der Waals surface area contributed by atoms with Gasteiger partial charge in [-0.2, -0.15) is 0 Å². The Morgan fingerprint density at radius 1 is 1.00 bits per heavy atom. The van der Waals surface area contributed by atoms with Crippen LogP contribution in [-0.4, -0.2) is 41.6 Å². The van der Waals surface area contributed by atoms with Crippen molar-refractivity contribution < 1.29 is 19.4 Å². The molecule has 130 valence electrons. The van der Waals surface area contributed by atoms with Crippen molar-refractivity contribution in [1.29, 1.82) is 0 Å². The molecule has 1 fully saturated rings. The maximum absolute atomic E-state index is 12.3. The molecule has 2 aromatic rings. The second kappa shape index (κ2) is 7.83. The van der Waals surface area contributed by atoms with Gasteiger partial charge in [-0.25, -0.2) is 0 Å². The molecule has 1 saturated heterocycles. The summed E-state index contributed by atoms with van der Waals surface area (Å²) >= 11 is 0. The molecular weight excluding hydrogens is 318 g/mol. The number of likely N-dealkylation sites (tertiary alicyclic amines) is 1. The first-order valence-corrected chi connectivity index (χ1v) is 8.43. The van der Waals surface area contributed by atoms with E-state index in [9.17, 15) is 9.59 Å². The third-order valence-electron chi connectivity index (χ3n) is 4.52. The van der Waals surface area contributed by atoms with Crippen LogP contribution in [0.2, 0.25) is 0 Å². The van der Waals surface area contributed by atoms with Crippen LogP contribution in [0.3, 0.4) is 0 Å². The zero-order chi connectivity index (χ0) is 17.6. The minimum absolute atomic E-state index is 0.0401. The molecule has 3 rings (SSSR count). The van der Waals surface area contributed by atoms with Crippen LogP contribution in [0, 0.1) is 5.92 Å². The Balaban J connectivity index is 1.61. The molecule has 0 aliphatic carbocycles. The summed E-state index contributed by atoms with van der Waals surface area (Å²) in [6.07, 6.45) is 1.00. The van der Waals surface area contributed by atoms with E-state index in [-0.39, 0.29) is 18.4 Å². The molecule has 5 heteroatoms. The molecule has 1 amide bonds. The highest BCUT2D eigenvalue weighted by Crippen LogP contribution is 2.29. The third kappa shape index (κ3) is 4.18. The molecule has 0 bridgehead atoms. The Kier molecular flexibility index (Phi) is 5.33. The fraction of sp³-hybridized carbons (Fsp3) is 0.300. The highest BCUT2D eigenvalue weighted by molar-refractivity contribution is 5.79. The number of carbonyl (C=O) groups excluding carboxylic acids is 1. The van der Waals surface area contributed by atoms with Gasteiger partial charge in [-0.15, -0.1) is 0 Å². The van der Waals surface area contributed by atoms with Crippen molar-refractivity contribution in [3.8, 4) is 16.9 Å². The summed E-state index contributed by atoms with van der Waals surface area (Å²) in [4.78, 5) is 25.0. The highest BCUT2D eigenvalue weighted by atomic mass is 16.5. The number of benzene rings is 2. The summed E-state index contributed by atoms with van der Waals surface area (Å²) in [5.41, 5.74) is 1.98. The van der Waals surface area contributed by atoms with Gasteiger partial charge in [-0.05, 0) is 24.5 Å². The van der Waals surface area contributed by atoms with E-state index in [2.05, 4.69) is 0 Å². The minimum atomic E-state index is -0.778. The first-order valence-electron chi connectivity index (χ1n) is 8.43. The van der Waals surface area contributed by atoms with Crippen molar-refractivity contribution in [2.75, 3.05) is 19.7 Å². The van der Waals surface area contributed by atoms with Gasteiger partial charge >= 0.3 is 5.97 Å². The minimum Gasteiger partial charge on any atom is -0.483 e. The third-order valence-corrected chi connectivity index (χ3v) is 4.52. The van der Waals surface area contributed by atoms with Crippen LogP contribution in [0.25, 0.3) is 11.1 Å². The molecule has 0 radical (unpaired) electrons. The van der Waals surface area contributed by atoms with Crippen LogP contribution in [0.5, 0.6) is 5.75 Å². The Morgan fingerprint density at radius 2 is 1.64 bits per heavy atom. The number of rotatable bonds is 5. The van der Waals surface area contributed by atoms with E-state index in [0.29, 0.717) is 31.7 Å². The van der Waals surface area contributed by atoms with Gasteiger partial charge < -0.3 is 14.7 Å². The number of nitrogens with zero attached hydrogens (tertiary/aromatic N) is 1. The largest absolute Gasteiger partial charge is 0.483 e. The Bertz CT molecular complexity index is 736. The van der Waals surface area contributed by atoms with Crippen LogP contribution in [0.4, 0.5) is 0 Å². The molecule has 25 heavy (non-hydrogen) atoms. The molecule has 2 aromatic carbocycles. The molecule has 0 saturated carbocycles. The Morgan fingerprint density at radius 3 is 2.32 bits per heavy atom. The monoisotopic (exact) mass is 339 g/mol. The number of carbonyl (C=O) groups is 2. The number of ether oxygens (including phenoxy) is 1. The number of aliphatic carboxylic acids is 1. The van der Waals surface area contributed by atoms with E-state index < -0.39 is 5.97 Å².